The monoisotopic (exact) mass is 1240 g/mol. The van der Waals surface area contributed by atoms with Gasteiger partial charge in [-0.2, -0.15) is 61.1 Å². The van der Waals surface area contributed by atoms with E-state index < -0.39 is 17.9 Å². The number of carbonyl (C=O) groups excluding carboxylic acids is 3. The number of thiocarbonyl (C=S) groups is 1. The molecule has 0 saturated heterocycles. The lowest BCUT2D eigenvalue weighted by Gasteiger charge is -2.08. The highest BCUT2D eigenvalue weighted by Crippen LogP contribution is 2.32. The van der Waals surface area contributed by atoms with Crippen molar-refractivity contribution in [3.05, 3.63) is 193 Å². The van der Waals surface area contributed by atoms with Crippen molar-refractivity contribution in [3.63, 3.8) is 0 Å². The fraction of sp³-hybridized carbons (Fsp3) is 0.130. The molecule has 6 N–H and O–H groups in total. The van der Waals surface area contributed by atoms with Crippen molar-refractivity contribution in [1.82, 2.24) is 9.97 Å². The maximum Gasteiger partial charge on any atom is 0.335 e. The Hall–Kier alpha value is -7.57. The van der Waals surface area contributed by atoms with Crippen molar-refractivity contribution < 1.29 is 38.9 Å². The predicted molar refractivity (Wildman–Crippen MR) is 318 cm³/mol. The number of carboxylic acid groups (broad SMARTS) is 2. The number of pyridine rings is 2. The van der Waals surface area contributed by atoms with Crippen LogP contribution in [0.15, 0.2) is 148 Å². The highest BCUT2D eigenvalue weighted by atomic mass is 79.9. The van der Waals surface area contributed by atoms with E-state index >= 15 is 0 Å². The van der Waals surface area contributed by atoms with Crippen LogP contribution in [-0.2, 0) is 20.6 Å². The Bertz CT molecular complexity index is 3520. The second-order valence-electron chi connectivity index (χ2n) is 15.0. The van der Waals surface area contributed by atoms with Crippen LogP contribution in [0.1, 0.15) is 90.4 Å². The van der Waals surface area contributed by atoms with E-state index in [4.69, 9.17) is 26.5 Å². The number of carbonyl (C=O) groups is 5. The number of thiophene rings is 4. The lowest BCUT2D eigenvalue weighted by atomic mass is 10.1. The van der Waals surface area contributed by atoms with Gasteiger partial charge in [0.2, 0.25) is 11.1 Å². The third-order valence-corrected chi connectivity index (χ3v) is 14.4. The molecule has 0 aliphatic heterocycles. The lowest BCUT2D eigenvalue weighted by Crippen LogP contribution is -2.10. The van der Waals surface area contributed by atoms with Crippen molar-refractivity contribution in [1.29, 1.82) is 15.8 Å². The molecule has 8 aromatic rings. The first-order valence-electron chi connectivity index (χ1n) is 22.2. The summed E-state index contributed by atoms with van der Waals surface area (Å²) in [6.07, 6.45) is 0.0277. The summed E-state index contributed by atoms with van der Waals surface area (Å²) in [4.78, 5) is 82.9. The summed E-state index contributed by atoms with van der Waals surface area (Å²) in [6.45, 7) is 3.60. The first-order valence-corrected chi connectivity index (χ1v) is 28.9. The number of benzene rings is 2. The van der Waals surface area contributed by atoms with Crippen LogP contribution in [-0.4, -0.2) is 61.3 Å². The Morgan fingerprint density at radius 2 is 1.22 bits per heavy atom. The largest absolute Gasteiger partial charge is 0.478 e. The number of nitrogens with one attached hydrogen (secondary N) is 2. The molecule has 16 nitrogen and oxygen atoms in total. The zero-order chi connectivity index (χ0) is 57.6. The Morgan fingerprint density at radius 1 is 0.718 bits per heavy atom. The number of aromatic carboxylic acids is 2. The Labute approximate surface area is 487 Å². The van der Waals surface area contributed by atoms with Crippen molar-refractivity contribution in [2.45, 2.75) is 47.8 Å². The normalized spacial score (nSPS) is 9.60. The third kappa shape index (κ3) is 22.6. The topological polar surface area (TPSA) is 298 Å². The zero-order valence-electron chi connectivity index (χ0n) is 41.1. The Morgan fingerprint density at radius 3 is 1.64 bits per heavy atom. The molecule has 0 aliphatic rings. The number of hydrogen-bond acceptors (Lipinski definition) is 18. The van der Waals surface area contributed by atoms with Crippen LogP contribution < -0.4 is 16.9 Å². The average Bonchev–Trinajstić information content (AvgIpc) is 4.31. The molecule has 0 amide bonds. The molecule has 6 heterocycles. The van der Waals surface area contributed by atoms with Gasteiger partial charge in [-0.1, -0.05) is 52.4 Å². The molecule has 0 spiro atoms. The molecule has 0 bridgehead atoms. The molecule has 0 atom stereocenters. The summed E-state index contributed by atoms with van der Waals surface area (Å²) < 4.78 is 4.65. The number of thiol groups is 1. The standard InChI is InChI=1S/C18H12N2O3S2.C10H6N2OS2.C9H10O3S.C8H7BrO2.C6H6OS.C3H4N2S/c19-8-15-14(13-4-5-24-10-13)7-16(21)20-17(15)25-9-11-2-1-3-12(6-11)18(22)23;11-4-8-7(6-1-2-15-5-6)3-9(13)12-10(8)14;1-2-12-9(11)5-8(10)7-3-4-13-6-7;9-5-6-2-1-3-7(4-6)8(10)11;1-5(7)6-2-3-8-4-6;4-2-1-3(5)6/h1-7,10H,9H2,(H,20,21)(H,22,23);1-3,5H,(H2,12,13,14);3-4,6H,2,5H2,1H3;1-4H,5H2,(H,10,11);2-4H,1H3;1H2,(H2,5,6). The van der Waals surface area contributed by atoms with Gasteiger partial charge in [-0.05, 0) is 117 Å². The van der Waals surface area contributed by atoms with Gasteiger partial charge >= 0.3 is 17.9 Å². The first kappa shape index (κ1) is 64.7. The molecule has 0 aliphatic carbocycles. The van der Waals surface area contributed by atoms with E-state index in [0.29, 0.717) is 61.1 Å². The van der Waals surface area contributed by atoms with E-state index in [-0.39, 0.29) is 46.1 Å². The van der Waals surface area contributed by atoms with E-state index in [9.17, 15) is 38.8 Å². The number of thioether (sulfide) groups is 1. The molecule has 2 aromatic carbocycles. The van der Waals surface area contributed by atoms with Gasteiger partial charge in [0.1, 0.15) is 18.6 Å². The Balaban J connectivity index is 0.000000262. The smallest absolute Gasteiger partial charge is 0.335 e. The van der Waals surface area contributed by atoms with Crippen molar-refractivity contribution in [3.8, 4) is 40.5 Å². The second kappa shape index (κ2) is 35.0. The number of Topliss-reactive ketones (excluding diaryl/α,β-unsaturated/α-hetero) is 2. The van der Waals surface area contributed by atoms with Crippen LogP contribution >= 0.6 is 97.9 Å². The highest BCUT2D eigenvalue weighted by molar-refractivity contribution is 9.08. The quantitative estimate of drug-likeness (QED) is 0.0112. The molecular weight excluding hydrogens is 1200 g/mol. The van der Waals surface area contributed by atoms with Gasteiger partial charge in [-0.15, -0.1) is 24.4 Å². The van der Waals surface area contributed by atoms with E-state index in [1.54, 1.807) is 78.4 Å². The third-order valence-electron chi connectivity index (χ3n) is 9.44. The molecular formula is C54H45BrN6O10S7. The van der Waals surface area contributed by atoms with Crippen molar-refractivity contribution >= 4 is 132 Å². The molecule has 0 fully saturated rings. The van der Waals surface area contributed by atoms with Gasteiger partial charge in [0.25, 0.3) is 0 Å². The number of carboxylic acids is 2. The molecule has 8 rings (SSSR count). The maximum atomic E-state index is 12.0. The maximum absolute atomic E-state index is 12.0. The van der Waals surface area contributed by atoms with Gasteiger partial charge in [-0.25, -0.2) is 9.59 Å². The van der Waals surface area contributed by atoms with Gasteiger partial charge in [0, 0.05) is 56.2 Å². The number of alkyl halides is 1. The number of rotatable bonds is 14. The van der Waals surface area contributed by atoms with Crippen LogP contribution in [0.4, 0.5) is 0 Å². The number of hydrogen-bond donors (Lipinski definition) is 6. The predicted octanol–water partition coefficient (Wildman–Crippen LogP) is 12.5. The minimum Gasteiger partial charge on any atom is -0.478 e. The fourth-order valence-electron chi connectivity index (χ4n) is 5.85. The molecule has 400 valence electrons. The summed E-state index contributed by atoms with van der Waals surface area (Å²) in [5, 5.41) is 60.3. The minimum atomic E-state index is -0.988. The summed E-state index contributed by atoms with van der Waals surface area (Å²) in [5.74, 6) is -1.92. The average molecular weight is 1240 g/mol. The molecule has 6 aromatic heterocycles. The molecule has 78 heavy (non-hydrogen) atoms. The van der Waals surface area contributed by atoms with Crippen LogP contribution in [0.2, 0.25) is 0 Å². The SMILES string of the molecule is CC(=O)c1ccsc1.CCOC(=O)CC(=O)c1ccsc1.N#CCC(N)=S.N#Cc1c(-c2ccsc2)cc(=O)[nH]c1S.N#Cc1c(-c2ccsc2)cc(=O)[nH]c1SCc1cccc(C(=O)O)c1.O=C(O)c1cccc(CBr)c1. The summed E-state index contributed by atoms with van der Waals surface area (Å²) in [5.41, 5.74) is 11.9. The number of nitriles is 3. The van der Waals surface area contributed by atoms with Crippen molar-refractivity contribution in [2.75, 3.05) is 6.61 Å². The van der Waals surface area contributed by atoms with E-state index in [0.717, 1.165) is 27.8 Å². The zero-order valence-corrected chi connectivity index (χ0v) is 48.5. The van der Waals surface area contributed by atoms with Gasteiger partial charge < -0.3 is 30.7 Å². The number of halogens is 1. The van der Waals surface area contributed by atoms with Crippen LogP contribution in [0.25, 0.3) is 22.3 Å². The number of esters is 1. The number of nitrogens with two attached hydrogens (primary N) is 1. The minimum absolute atomic E-state index is 0.145. The molecule has 0 unspecified atom stereocenters. The molecule has 24 heteroatoms. The number of aromatic amines is 2. The van der Waals surface area contributed by atoms with Crippen LogP contribution in [0.5, 0.6) is 0 Å². The van der Waals surface area contributed by atoms with Crippen LogP contribution in [0.3, 0.4) is 0 Å². The Kier molecular flexibility index (Phi) is 29.0. The van der Waals surface area contributed by atoms with E-state index in [2.05, 4.69) is 61.6 Å². The summed E-state index contributed by atoms with van der Waals surface area (Å²) in [6, 6.07) is 29.5. The summed E-state index contributed by atoms with van der Waals surface area (Å²) in [7, 11) is 0. The number of ether oxygens (including phenoxy) is 1. The van der Waals surface area contributed by atoms with E-state index in [1.807, 2.05) is 68.7 Å². The number of ketones is 2. The number of aromatic nitrogens is 2. The molecule has 0 saturated carbocycles. The number of H-pyrrole nitrogens is 2. The van der Waals surface area contributed by atoms with Gasteiger partial charge in [-0.3, -0.25) is 24.0 Å². The first-order chi connectivity index (χ1) is 37.3. The number of nitrogens with zero attached hydrogens (tertiary/aromatic N) is 3. The van der Waals surface area contributed by atoms with Gasteiger partial charge in [0.15, 0.2) is 11.6 Å². The summed E-state index contributed by atoms with van der Waals surface area (Å²) >= 11 is 19.0. The molecule has 0 radical (unpaired) electrons. The van der Waals surface area contributed by atoms with Gasteiger partial charge in [0.05, 0.1) is 56.4 Å². The van der Waals surface area contributed by atoms with Crippen LogP contribution in [0, 0.1) is 34.0 Å². The van der Waals surface area contributed by atoms with E-state index in [1.165, 1.54) is 64.0 Å². The lowest BCUT2D eigenvalue weighted by molar-refractivity contribution is -0.141. The van der Waals surface area contributed by atoms with Crippen molar-refractivity contribution in [2.24, 2.45) is 5.73 Å². The highest BCUT2D eigenvalue weighted by Gasteiger charge is 2.15. The fourth-order valence-corrected chi connectivity index (χ4v) is 10.2. The second-order valence-corrected chi connectivity index (χ2v) is 20.6.